The van der Waals surface area contributed by atoms with E-state index >= 15 is 0 Å². The highest BCUT2D eigenvalue weighted by atomic mass is 32.2. The van der Waals surface area contributed by atoms with E-state index in [4.69, 9.17) is 4.18 Å². The standard InChI is InChI=1S/C14H18O3S/c1-14(2,3)13(17-18(4,15)16)11-10-12-8-6-5-7-9-12/h5-9,13H,1-4H3. The Hall–Kier alpha value is -1.31. The van der Waals surface area contributed by atoms with Crippen molar-refractivity contribution < 1.29 is 12.6 Å². The first kappa shape index (κ1) is 14.7. The molecule has 18 heavy (non-hydrogen) atoms. The van der Waals surface area contributed by atoms with Crippen LogP contribution in [-0.4, -0.2) is 20.8 Å². The maximum atomic E-state index is 11.2. The minimum absolute atomic E-state index is 0.370. The fourth-order valence-electron chi connectivity index (χ4n) is 1.23. The molecule has 1 unspecified atom stereocenters. The van der Waals surface area contributed by atoms with Gasteiger partial charge in [-0.25, -0.2) is 0 Å². The van der Waals surface area contributed by atoms with Crippen LogP contribution in [0.3, 0.4) is 0 Å². The van der Waals surface area contributed by atoms with Crippen molar-refractivity contribution in [3.05, 3.63) is 35.9 Å². The lowest BCUT2D eigenvalue weighted by Crippen LogP contribution is -2.30. The third-order valence-electron chi connectivity index (χ3n) is 2.18. The molecule has 1 rings (SSSR count). The van der Waals surface area contributed by atoms with Gasteiger partial charge in [-0.15, -0.1) is 0 Å². The first-order valence-electron chi connectivity index (χ1n) is 5.63. The molecule has 1 aromatic carbocycles. The van der Waals surface area contributed by atoms with Crippen LogP contribution >= 0.6 is 0 Å². The van der Waals surface area contributed by atoms with Crippen molar-refractivity contribution in [1.29, 1.82) is 0 Å². The van der Waals surface area contributed by atoms with E-state index in [2.05, 4.69) is 11.8 Å². The van der Waals surface area contributed by atoms with Gasteiger partial charge in [0.1, 0.15) is 6.10 Å². The largest absolute Gasteiger partial charge is 0.265 e. The molecule has 0 saturated heterocycles. The van der Waals surface area contributed by atoms with Crippen molar-refractivity contribution in [3.8, 4) is 11.8 Å². The predicted octanol–water partition coefficient (Wildman–Crippen LogP) is 2.43. The normalized spacial score (nSPS) is 13.6. The van der Waals surface area contributed by atoms with Crippen LogP contribution in [0.5, 0.6) is 0 Å². The molecule has 0 aliphatic heterocycles. The Balaban J connectivity index is 2.97. The van der Waals surface area contributed by atoms with Crippen LogP contribution in [0.1, 0.15) is 26.3 Å². The Labute approximate surface area is 109 Å². The van der Waals surface area contributed by atoms with Crippen LogP contribution in [0.4, 0.5) is 0 Å². The molecule has 0 amide bonds. The SMILES string of the molecule is CC(C)(C)C(C#Cc1ccccc1)OS(C)(=O)=O. The van der Waals surface area contributed by atoms with E-state index in [9.17, 15) is 8.42 Å². The van der Waals surface area contributed by atoms with Crippen LogP contribution < -0.4 is 0 Å². The molecule has 0 aromatic heterocycles. The van der Waals surface area contributed by atoms with E-state index in [1.54, 1.807) is 0 Å². The summed E-state index contributed by atoms with van der Waals surface area (Å²) in [5.74, 6) is 5.82. The van der Waals surface area contributed by atoms with Gasteiger partial charge in [0.2, 0.25) is 0 Å². The van der Waals surface area contributed by atoms with Gasteiger partial charge in [-0.2, -0.15) is 8.42 Å². The number of hydrogen-bond donors (Lipinski definition) is 0. The molecule has 0 saturated carbocycles. The number of benzene rings is 1. The van der Waals surface area contributed by atoms with Gasteiger partial charge >= 0.3 is 0 Å². The summed E-state index contributed by atoms with van der Waals surface area (Å²) < 4.78 is 27.4. The first-order valence-corrected chi connectivity index (χ1v) is 7.45. The summed E-state index contributed by atoms with van der Waals surface area (Å²) in [6, 6.07) is 9.40. The minimum atomic E-state index is -3.51. The molecule has 0 fully saturated rings. The van der Waals surface area contributed by atoms with Gasteiger partial charge in [-0.3, -0.25) is 4.18 Å². The van der Waals surface area contributed by atoms with Crippen molar-refractivity contribution in [2.45, 2.75) is 26.9 Å². The van der Waals surface area contributed by atoms with Crippen molar-refractivity contribution in [2.24, 2.45) is 5.41 Å². The summed E-state index contributed by atoms with van der Waals surface area (Å²) in [6.07, 6.45) is 0.378. The van der Waals surface area contributed by atoms with Gasteiger partial charge in [0.15, 0.2) is 0 Å². The molecule has 1 aromatic rings. The third kappa shape index (κ3) is 5.35. The Bertz CT molecular complexity index is 542. The van der Waals surface area contributed by atoms with E-state index in [1.165, 1.54) is 0 Å². The minimum Gasteiger partial charge on any atom is -0.253 e. The average Bonchev–Trinajstić information content (AvgIpc) is 2.22. The monoisotopic (exact) mass is 266 g/mol. The summed E-state index contributed by atoms with van der Waals surface area (Å²) >= 11 is 0. The molecule has 0 spiro atoms. The smallest absolute Gasteiger partial charge is 0.253 e. The fourth-order valence-corrected chi connectivity index (χ4v) is 1.92. The summed E-state index contributed by atoms with van der Waals surface area (Å²) in [4.78, 5) is 0. The molecule has 0 heterocycles. The van der Waals surface area contributed by atoms with Crippen LogP contribution in [-0.2, 0) is 14.3 Å². The predicted molar refractivity (Wildman–Crippen MR) is 72.5 cm³/mol. The maximum absolute atomic E-state index is 11.2. The van der Waals surface area contributed by atoms with Gasteiger partial charge in [-0.05, 0) is 12.1 Å². The molecular formula is C14H18O3S. The summed E-state index contributed by atoms with van der Waals surface area (Å²) in [7, 11) is -3.51. The molecule has 4 heteroatoms. The molecule has 0 aliphatic rings. The van der Waals surface area contributed by atoms with Crippen molar-refractivity contribution >= 4 is 10.1 Å². The van der Waals surface area contributed by atoms with Gasteiger partial charge < -0.3 is 0 Å². The van der Waals surface area contributed by atoms with Gasteiger partial charge in [-0.1, -0.05) is 50.8 Å². The molecule has 98 valence electrons. The summed E-state index contributed by atoms with van der Waals surface area (Å²) in [6.45, 7) is 5.67. The quantitative estimate of drug-likeness (QED) is 0.610. The zero-order valence-corrected chi connectivity index (χ0v) is 11.9. The molecule has 0 aliphatic carbocycles. The zero-order valence-electron chi connectivity index (χ0n) is 11.1. The van der Waals surface area contributed by atoms with Crippen molar-refractivity contribution in [1.82, 2.24) is 0 Å². The van der Waals surface area contributed by atoms with Crippen LogP contribution in [0.25, 0.3) is 0 Å². The Morgan fingerprint density at radius 2 is 1.72 bits per heavy atom. The van der Waals surface area contributed by atoms with Gasteiger partial charge in [0.25, 0.3) is 10.1 Å². The average molecular weight is 266 g/mol. The highest BCUT2D eigenvalue weighted by Crippen LogP contribution is 2.23. The second-order valence-electron chi connectivity index (χ2n) is 5.18. The number of hydrogen-bond acceptors (Lipinski definition) is 3. The van der Waals surface area contributed by atoms with Gasteiger partial charge in [0, 0.05) is 11.0 Å². The van der Waals surface area contributed by atoms with E-state index in [0.29, 0.717) is 0 Å². The zero-order chi connectivity index (χ0) is 13.8. The van der Waals surface area contributed by atoms with E-state index in [0.717, 1.165) is 11.8 Å². The second-order valence-corrected chi connectivity index (χ2v) is 6.78. The third-order valence-corrected chi connectivity index (χ3v) is 2.72. The Morgan fingerprint density at radius 3 is 2.17 bits per heavy atom. The van der Waals surface area contributed by atoms with Crippen LogP contribution in [0.15, 0.2) is 30.3 Å². The lowest BCUT2D eigenvalue weighted by atomic mass is 9.89. The Kier molecular flexibility index (Phi) is 4.55. The fraction of sp³-hybridized carbons (Fsp3) is 0.429. The lowest BCUT2D eigenvalue weighted by Gasteiger charge is -2.24. The molecule has 1 atom stereocenters. The van der Waals surface area contributed by atoms with Crippen molar-refractivity contribution in [3.63, 3.8) is 0 Å². The van der Waals surface area contributed by atoms with E-state index in [1.807, 2.05) is 51.1 Å². The lowest BCUT2D eigenvalue weighted by molar-refractivity contribution is 0.145. The second kappa shape index (κ2) is 5.55. The molecule has 0 radical (unpaired) electrons. The first-order chi connectivity index (χ1) is 8.18. The van der Waals surface area contributed by atoms with E-state index < -0.39 is 16.2 Å². The molecular weight excluding hydrogens is 248 g/mol. The Morgan fingerprint density at radius 1 is 1.17 bits per heavy atom. The summed E-state index contributed by atoms with van der Waals surface area (Å²) in [5, 5.41) is 0. The highest BCUT2D eigenvalue weighted by molar-refractivity contribution is 7.86. The summed E-state index contributed by atoms with van der Waals surface area (Å²) in [5.41, 5.74) is 0.467. The van der Waals surface area contributed by atoms with E-state index in [-0.39, 0.29) is 5.41 Å². The topological polar surface area (TPSA) is 43.4 Å². The van der Waals surface area contributed by atoms with Crippen LogP contribution in [0.2, 0.25) is 0 Å². The van der Waals surface area contributed by atoms with Crippen molar-refractivity contribution in [2.75, 3.05) is 6.26 Å². The van der Waals surface area contributed by atoms with Crippen LogP contribution in [0, 0.1) is 17.3 Å². The molecule has 0 bridgehead atoms. The number of rotatable bonds is 2. The molecule has 0 N–H and O–H groups in total. The maximum Gasteiger partial charge on any atom is 0.265 e. The van der Waals surface area contributed by atoms with Gasteiger partial charge in [0.05, 0.1) is 6.26 Å². The highest BCUT2D eigenvalue weighted by Gasteiger charge is 2.27. The molecule has 3 nitrogen and oxygen atoms in total.